The second-order valence-electron chi connectivity index (χ2n) is 2.13. The van der Waals surface area contributed by atoms with E-state index in [-0.39, 0.29) is 0 Å². The first-order chi connectivity index (χ1) is 4.70. The molecule has 2 nitrogen and oxygen atoms in total. The lowest BCUT2D eigenvalue weighted by molar-refractivity contribution is 0.595. The zero-order valence-electron chi connectivity index (χ0n) is 6.03. The van der Waals surface area contributed by atoms with Gasteiger partial charge in [0.15, 0.2) is 0 Å². The highest BCUT2D eigenvalue weighted by Gasteiger charge is 2.11. The molecule has 0 fully saturated rings. The van der Waals surface area contributed by atoms with Gasteiger partial charge >= 0.3 is 7.80 Å². The predicted octanol–water partition coefficient (Wildman–Crippen LogP) is 1.47. The van der Waals surface area contributed by atoms with Crippen LogP contribution in [-0.2, 0) is 4.57 Å². The Morgan fingerprint density at radius 2 is 2.20 bits per heavy atom. The van der Waals surface area contributed by atoms with Gasteiger partial charge in [-0.25, -0.2) is 4.98 Å². The Labute approximate surface area is 61.1 Å². The third-order valence-electron chi connectivity index (χ3n) is 1.20. The summed E-state index contributed by atoms with van der Waals surface area (Å²) in [4.78, 5) is 4.09. The Morgan fingerprint density at radius 3 is 2.60 bits per heavy atom. The van der Waals surface area contributed by atoms with Gasteiger partial charge in [0.2, 0.25) is 0 Å². The molecule has 0 aliphatic heterocycles. The second-order valence-corrected chi connectivity index (χ2v) is 3.59. The molecule has 0 N–H and O–H groups in total. The minimum absolute atomic E-state index is 0.690. The average molecular weight is 154 g/mol. The standard InChI is InChI=1S/C7H9NOP/c1-6-4-3-5-7(8-6)10(2)9/h3-5H,1-2H3/q+1. The molecule has 0 aromatic carbocycles. The number of aromatic nitrogens is 1. The molecule has 0 spiro atoms. The van der Waals surface area contributed by atoms with Crippen LogP contribution in [0.1, 0.15) is 5.69 Å². The van der Waals surface area contributed by atoms with Crippen molar-refractivity contribution in [3.63, 3.8) is 0 Å². The van der Waals surface area contributed by atoms with Crippen LogP contribution in [0, 0.1) is 6.92 Å². The van der Waals surface area contributed by atoms with E-state index in [0.717, 1.165) is 5.69 Å². The fourth-order valence-electron chi connectivity index (χ4n) is 0.704. The van der Waals surface area contributed by atoms with E-state index in [9.17, 15) is 4.57 Å². The number of pyridine rings is 1. The lowest BCUT2D eigenvalue weighted by Crippen LogP contribution is -2.01. The van der Waals surface area contributed by atoms with Crippen molar-refractivity contribution >= 4 is 13.2 Å². The zero-order valence-corrected chi connectivity index (χ0v) is 6.93. The first-order valence-corrected chi connectivity index (χ1v) is 4.75. The van der Waals surface area contributed by atoms with E-state index in [1.54, 1.807) is 12.7 Å². The van der Waals surface area contributed by atoms with E-state index in [1.165, 1.54) is 0 Å². The maximum absolute atomic E-state index is 10.9. The summed E-state index contributed by atoms with van der Waals surface area (Å²) < 4.78 is 10.9. The fourth-order valence-corrected chi connectivity index (χ4v) is 1.30. The average Bonchev–Trinajstić information content (AvgIpc) is 1.88. The fraction of sp³-hybridized carbons (Fsp3) is 0.286. The summed E-state index contributed by atoms with van der Waals surface area (Å²) in [5.41, 5.74) is 1.61. The van der Waals surface area contributed by atoms with E-state index in [2.05, 4.69) is 4.98 Å². The Morgan fingerprint density at radius 1 is 1.50 bits per heavy atom. The van der Waals surface area contributed by atoms with Crippen molar-refractivity contribution < 1.29 is 4.57 Å². The van der Waals surface area contributed by atoms with Gasteiger partial charge in [-0.2, -0.15) is 0 Å². The van der Waals surface area contributed by atoms with E-state index in [0.29, 0.717) is 5.44 Å². The molecule has 0 aliphatic carbocycles. The van der Waals surface area contributed by atoms with Gasteiger partial charge in [-0.05, 0) is 13.0 Å². The smallest absolute Gasteiger partial charge is 0.209 e. The van der Waals surface area contributed by atoms with Gasteiger partial charge in [-0.15, -0.1) is 0 Å². The van der Waals surface area contributed by atoms with Gasteiger partial charge in [0.25, 0.3) is 5.44 Å². The third kappa shape index (κ3) is 1.61. The SMILES string of the molecule is Cc1cccc([P+](C)=O)n1. The molecule has 1 atom stereocenters. The summed E-state index contributed by atoms with van der Waals surface area (Å²) in [6.07, 6.45) is 0. The molecule has 1 rings (SSSR count). The summed E-state index contributed by atoms with van der Waals surface area (Å²) in [5, 5.41) is 0. The molecule has 1 unspecified atom stereocenters. The molecule has 0 bridgehead atoms. The number of hydrogen-bond acceptors (Lipinski definition) is 2. The van der Waals surface area contributed by atoms with Crippen LogP contribution in [0.25, 0.3) is 0 Å². The van der Waals surface area contributed by atoms with Crippen molar-refractivity contribution in [3.05, 3.63) is 23.9 Å². The largest absolute Gasteiger partial charge is 0.393 e. The predicted molar refractivity (Wildman–Crippen MR) is 42.1 cm³/mol. The molecule has 1 aromatic rings. The molecule has 0 aliphatic rings. The van der Waals surface area contributed by atoms with Crippen LogP contribution < -0.4 is 5.44 Å². The molecule has 52 valence electrons. The Hall–Kier alpha value is -0.750. The van der Waals surface area contributed by atoms with Crippen LogP contribution in [0.3, 0.4) is 0 Å². The third-order valence-corrected chi connectivity index (χ3v) is 2.09. The van der Waals surface area contributed by atoms with Gasteiger partial charge in [0.1, 0.15) is 6.66 Å². The first kappa shape index (κ1) is 7.36. The molecule has 0 amide bonds. The Bertz CT molecular complexity index is 260. The number of aryl methyl sites for hydroxylation is 1. The van der Waals surface area contributed by atoms with E-state index >= 15 is 0 Å². The van der Waals surface area contributed by atoms with Gasteiger partial charge in [-0.1, -0.05) is 10.6 Å². The van der Waals surface area contributed by atoms with Crippen molar-refractivity contribution in [2.75, 3.05) is 6.66 Å². The van der Waals surface area contributed by atoms with E-state index in [1.807, 2.05) is 19.1 Å². The summed E-state index contributed by atoms with van der Waals surface area (Å²) in [6.45, 7) is 3.56. The lowest BCUT2D eigenvalue weighted by atomic mass is 10.4. The Balaban J connectivity index is 3.07. The van der Waals surface area contributed by atoms with Crippen molar-refractivity contribution in [3.8, 4) is 0 Å². The minimum Gasteiger partial charge on any atom is -0.209 e. The molecular formula is C7H9NOP+. The summed E-state index contributed by atoms with van der Waals surface area (Å²) in [6, 6.07) is 5.54. The van der Waals surface area contributed by atoms with Crippen LogP contribution in [0.2, 0.25) is 0 Å². The van der Waals surface area contributed by atoms with Crippen LogP contribution in [0.4, 0.5) is 0 Å². The zero-order chi connectivity index (χ0) is 7.56. The Kier molecular flexibility index (Phi) is 2.13. The van der Waals surface area contributed by atoms with Gasteiger partial charge in [-0.3, -0.25) is 0 Å². The minimum atomic E-state index is -1.27. The molecule has 1 heterocycles. The van der Waals surface area contributed by atoms with E-state index in [4.69, 9.17) is 0 Å². The van der Waals surface area contributed by atoms with Gasteiger partial charge < -0.3 is 0 Å². The summed E-state index contributed by atoms with van der Waals surface area (Å²) in [5.74, 6) is 0. The summed E-state index contributed by atoms with van der Waals surface area (Å²) in [7, 11) is -1.27. The van der Waals surface area contributed by atoms with Crippen LogP contribution in [0.15, 0.2) is 18.2 Å². The molecular weight excluding hydrogens is 145 g/mol. The highest BCUT2D eigenvalue weighted by atomic mass is 31.1. The maximum Gasteiger partial charge on any atom is 0.393 e. The van der Waals surface area contributed by atoms with Gasteiger partial charge in [0.05, 0.1) is 0 Å². The highest BCUT2D eigenvalue weighted by molar-refractivity contribution is 7.52. The van der Waals surface area contributed by atoms with Crippen LogP contribution in [-0.4, -0.2) is 11.6 Å². The topological polar surface area (TPSA) is 30.0 Å². The molecule has 1 aromatic heterocycles. The second kappa shape index (κ2) is 2.89. The quantitative estimate of drug-likeness (QED) is 0.573. The number of nitrogens with zero attached hydrogens (tertiary/aromatic N) is 1. The maximum atomic E-state index is 10.9. The van der Waals surface area contributed by atoms with Gasteiger partial charge in [0, 0.05) is 11.8 Å². The van der Waals surface area contributed by atoms with Crippen molar-refractivity contribution in [1.29, 1.82) is 0 Å². The van der Waals surface area contributed by atoms with Crippen molar-refractivity contribution in [1.82, 2.24) is 4.98 Å². The molecule has 3 heteroatoms. The monoisotopic (exact) mass is 154 g/mol. The molecule has 0 radical (unpaired) electrons. The van der Waals surface area contributed by atoms with E-state index < -0.39 is 7.80 Å². The van der Waals surface area contributed by atoms with Crippen molar-refractivity contribution in [2.24, 2.45) is 0 Å². The highest BCUT2D eigenvalue weighted by Crippen LogP contribution is 2.10. The van der Waals surface area contributed by atoms with Crippen molar-refractivity contribution in [2.45, 2.75) is 6.92 Å². The summed E-state index contributed by atoms with van der Waals surface area (Å²) >= 11 is 0. The molecule has 10 heavy (non-hydrogen) atoms. The molecule has 0 saturated carbocycles. The molecule has 0 saturated heterocycles. The first-order valence-electron chi connectivity index (χ1n) is 3.04. The number of rotatable bonds is 1. The van der Waals surface area contributed by atoms with Crippen LogP contribution >= 0.6 is 7.80 Å². The number of hydrogen-bond donors (Lipinski definition) is 0. The van der Waals surface area contributed by atoms with Crippen LogP contribution in [0.5, 0.6) is 0 Å². The normalized spacial score (nSPS) is 11.2. The lowest BCUT2D eigenvalue weighted by Gasteiger charge is -1.86.